The Hall–Kier alpha value is -0.980. The van der Waals surface area contributed by atoms with Crippen molar-refractivity contribution in [1.29, 1.82) is 0 Å². The molecule has 0 radical (unpaired) electrons. The number of halogens is 1. The lowest BCUT2D eigenvalue weighted by molar-refractivity contribution is 0.0822. The van der Waals surface area contributed by atoms with Gasteiger partial charge in [-0.3, -0.25) is 10.1 Å². The van der Waals surface area contributed by atoms with E-state index < -0.39 is 0 Å². The van der Waals surface area contributed by atoms with Gasteiger partial charge in [0.15, 0.2) is 5.11 Å². The van der Waals surface area contributed by atoms with Crippen LogP contribution in [-0.2, 0) is 4.74 Å². The molecule has 1 amide bonds. The molecular formula is C19H25BrN2O2S. The van der Waals surface area contributed by atoms with Crippen LogP contribution in [0.2, 0.25) is 0 Å². The first kappa shape index (κ1) is 18.8. The number of aryl methyl sites for hydroxylation is 1. The van der Waals surface area contributed by atoms with Crippen LogP contribution in [0.3, 0.4) is 0 Å². The fraction of sp³-hybridized carbons (Fsp3) is 0.579. The van der Waals surface area contributed by atoms with E-state index in [4.69, 9.17) is 17.0 Å². The number of thiocarbonyl (C=S) groups is 1. The van der Waals surface area contributed by atoms with Crippen molar-refractivity contribution in [3.05, 3.63) is 33.8 Å². The molecule has 136 valence electrons. The van der Waals surface area contributed by atoms with Gasteiger partial charge in [-0.1, -0.05) is 28.4 Å². The van der Waals surface area contributed by atoms with Crippen LogP contribution in [0.25, 0.3) is 0 Å². The normalized spacial score (nSPS) is 20.2. The first-order chi connectivity index (χ1) is 12.0. The van der Waals surface area contributed by atoms with Crippen molar-refractivity contribution in [2.24, 2.45) is 5.92 Å². The fourth-order valence-electron chi connectivity index (χ4n) is 3.24. The molecule has 1 aromatic rings. The molecular weight excluding hydrogens is 400 g/mol. The number of carbonyl (C=O) groups excluding carboxylic acids is 1. The number of nitrogens with one attached hydrogen (secondary N) is 1. The molecule has 1 unspecified atom stereocenters. The third kappa shape index (κ3) is 5.02. The topological polar surface area (TPSA) is 41.6 Å². The zero-order valence-electron chi connectivity index (χ0n) is 14.6. The molecule has 1 saturated heterocycles. The van der Waals surface area contributed by atoms with E-state index in [2.05, 4.69) is 26.1 Å². The Balaban J connectivity index is 1.63. The molecule has 1 N–H and O–H groups in total. The second-order valence-corrected chi connectivity index (χ2v) is 8.30. The Morgan fingerprint density at radius 2 is 2.12 bits per heavy atom. The van der Waals surface area contributed by atoms with E-state index in [1.807, 2.05) is 25.1 Å². The van der Waals surface area contributed by atoms with Gasteiger partial charge in [-0.2, -0.15) is 0 Å². The molecule has 0 bridgehead atoms. The predicted octanol–water partition coefficient (Wildman–Crippen LogP) is 4.05. The molecule has 1 saturated carbocycles. The third-order valence-electron chi connectivity index (χ3n) is 5.09. The molecule has 2 aliphatic rings. The molecule has 0 aromatic heterocycles. The van der Waals surface area contributed by atoms with E-state index in [0.29, 0.717) is 16.6 Å². The molecule has 6 heteroatoms. The summed E-state index contributed by atoms with van der Waals surface area (Å²) in [5.74, 6) is 0.529. The second-order valence-electron chi connectivity index (χ2n) is 7.06. The van der Waals surface area contributed by atoms with Crippen molar-refractivity contribution < 1.29 is 9.53 Å². The minimum absolute atomic E-state index is 0.156. The number of benzene rings is 1. The van der Waals surface area contributed by atoms with Gasteiger partial charge in [-0.25, -0.2) is 0 Å². The zero-order valence-corrected chi connectivity index (χ0v) is 17.0. The Labute approximate surface area is 163 Å². The van der Waals surface area contributed by atoms with Crippen LogP contribution in [0.15, 0.2) is 22.7 Å². The molecule has 0 spiro atoms. The van der Waals surface area contributed by atoms with Crippen molar-refractivity contribution in [3.63, 3.8) is 0 Å². The standard InChI is InChI=1S/C19H25BrN2O2S/c1-13-7-8-15(10-17(13)20)18(23)21-19(25)22(11-14-4-2-5-14)12-16-6-3-9-24-16/h7-8,10,14,16H,2-6,9,11-12H2,1H3,(H,21,23,25). The van der Waals surface area contributed by atoms with Gasteiger partial charge in [0.25, 0.3) is 5.91 Å². The SMILES string of the molecule is Cc1ccc(C(=O)NC(=S)N(CC2CCC2)CC2CCCO2)cc1Br. The zero-order chi connectivity index (χ0) is 17.8. The van der Waals surface area contributed by atoms with Gasteiger partial charge < -0.3 is 9.64 Å². The summed E-state index contributed by atoms with van der Waals surface area (Å²) in [6, 6.07) is 5.60. The Morgan fingerprint density at radius 3 is 2.72 bits per heavy atom. The maximum atomic E-state index is 12.6. The number of amides is 1. The summed E-state index contributed by atoms with van der Waals surface area (Å²) in [5.41, 5.74) is 1.71. The molecule has 1 aliphatic heterocycles. The van der Waals surface area contributed by atoms with Crippen LogP contribution < -0.4 is 5.32 Å². The van der Waals surface area contributed by atoms with Crippen LogP contribution >= 0.6 is 28.1 Å². The number of hydrogen-bond acceptors (Lipinski definition) is 3. The monoisotopic (exact) mass is 424 g/mol. The maximum absolute atomic E-state index is 12.6. The lowest BCUT2D eigenvalue weighted by Gasteiger charge is -2.35. The summed E-state index contributed by atoms with van der Waals surface area (Å²) in [6.07, 6.45) is 6.21. The van der Waals surface area contributed by atoms with Gasteiger partial charge in [0.1, 0.15) is 0 Å². The van der Waals surface area contributed by atoms with E-state index >= 15 is 0 Å². The van der Waals surface area contributed by atoms with E-state index in [1.54, 1.807) is 0 Å². The van der Waals surface area contributed by atoms with Gasteiger partial charge in [0.05, 0.1) is 6.10 Å². The highest BCUT2D eigenvalue weighted by atomic mass is 79.9. The Kier molecular flexibility index (Phi) is 6.47. The summed E-state index contributed by atoms with van der Waals surface area (Å²) in [6.45, 7) is 4.51. The molecule has 4 nitrogen and oxygen atoms in total. The van der Waals surface area contributed by atoms with Crippen LogP contribution in [0.5, 0.6) is 0 Å². The quantitative estimate of drug-likeness (QED) is 0.723. The molecule has 1 heterocycles. The van der Waals surface area contributed by atoms with Crippen molar-refractivity contribution in [1.82, 2.24) is 10.2 Å². The van der Waals surface area contributed by atoms with Crippen molar-refractivity contribution in [2.45, 2.75) is 45.1 Å². The van der Waals surface area contributed by atoms with Gasteiger partial charge >= 0.3 is 0 Å². The van der Waals surface area contributed by atoms with Gasteiger partial charge in [0.2, 0.25) is 0 Å². The maximum Gasteiger partial charge on any atom is 0.257 e. The smallest absolute Gasteiger partial charge is 0.257 e. The van der Waals surface area contributed by atoms with E-state index in [1.165, 1.54) is 19.3 Å². The molecule has 25 heavy (non-hydrogen) atoms. The highest BCUT2D eigenvalue weighted by molar-refractivity contribution is 9.10. The van der Waals surface area contributed by atoms with Gasteiger partial charge in [-0.15, -0.1) is 0 Å². The van der Waals surface area contributed by atoms with E-state index in [-0.39, 0.29) is 12.0 Å². The average Bonchev–Trinajstić information content (AvgIpc) is 3.05. The number of nitrogens with zero attached hydrogens (tertiary/aromatic N) is 1. The van der Waals surface area contributed by atoms with E-state index in [0.717, 1.165) is 42.6 Å². The largest absolute Gasteiger partial charge is 0.376 e. The number of hydrogen-bond donors (Lipinski definition) is 1. The van der Waals surface area contributed by atoms with Crippen molar-refractivity contribution in [2.75, 3.05) is 19.7 Å². The summed E-state index contributed by atoms with van der Waals surface area (Å²) in [7, 11) is 0. The molecule has 1 aromatic carbocycles. The first-order valence-electron chi connectivity index (χ1n) is 9.01. The van der Waals surface area contributed by atoms with Gasteiger partial charge in [-0.05, 0) is 68.4 Å². The number of ether oxygens (including phenoxy) is 1. The summed E-state index contributed by atoms with van der Waals surface area (Å²) >= 11 is 9.04. The number of carbonyl (C=O) groups is 1. The summed E-state index contributed by atoms with van der Waals surface area (Å²) in [4.78, 5) is 14.7. The minimum atomic E-state index is -0.156. The van der Waals surface area contributed by atoms with Crippen molar-refractivity contribution >= 4 is 39.2 Å². The lowest BCUT2D eigenvalue weighted by Crippen LogP contribution is -2.48. The van der Waals surface area contributed by atoms with Crippen LogP contribution in [0.4, 0.5) is 0 Å². The fourth-order valence-corrected chi connectivity index (χ4v) is 3.86. The van der Waals surface area contributed by atoms with Gasteiger partial charge in [0, 0.05) is 29.7 Å². The molecule has 2 fully saturated rings. The second kappa shape index (κ2) is 8.60. The first-order valence-corrected chi connectivity index (χ1v) is 10.2. The number of rotatable bonds is 5. The Bertz CT molecular complexity index is 642. The summed E-state index contributed by atoms with van der Waals surface area (Å²) in [5, 5.41) is 3.43. The highest BCUT2D eigenvalue weighted by Crippen LogP contribution is 2.28. The predicted molar refractivity (Wildman–Crippen MR) is 107 cm³/mol. The van der Waals surface area contributed by atoms with E-state index in [9.17, 15) is 4.79 Å². The minimum Gasteiger partial charge on any atom is -0.376 e. The van der Waals surface area contributed by atoms with Crippen LogP contribution in [-0.4, -0.2) is 41.7 Å². The average molecular weight is 425 g/mol. The lowest BCUT2D eigenvalue weighted by atomic mass is 9.85. The Morgan fingerprint density at radius 1 is 1.32 bits per heavy atom. The highest BCUT2D eigenvalue weighted by Gasteiger charge is 2.26. The molecule has 1 atom stereocenters. The van der Waals surface area contributed by atoms with Crippen LogP contribution in [0.1, 0.15) is 48.0 Å². The van der Waals surface area contributed by atoms with Crippen LogP contribution in [0, 0.1) is 12.8 Å². The molecule has 3 rings (SSSR count). The third-order valence-corrected chi connectivity index (χ3v) is 6.31. The van der Waals surface area contributed by atoms with Crippen molar-refractivity contribution in [3.8, 4) is 0 Å². The molecule has 1 aliphatic carbocycles. The summed E-state index contributed by atoms with van der Waals surface area (Å²) < 4.78 is 6.69.